The Hall–Kier alpha value is -0.570. The third-order valence-electron chi connectivity index (χ3n) is 4.48. The van der Waals surface area contributed by atoms with Gasteiger partial charge in [-0.25, -0.2) is 4.79 Å². The SMILES string of the molecule is COC(C(=O)O)C1(C2CCCCCC2)CC1. The van der Waals surface area contributed by atoms with Crippen LogP contribution in [0.25, 0.3) is 0 Å². The van der Waals surface area contributed by atoms with Gasteiger partial charge in [-0.15, -0.1) is 0 Å². The Labute approximate surface area is 97.2 Å². The molecule has 0 aromatic carbocycles. The molecule has 0 amide bonds. The van der Waals surface area contributed by atoms with E-state index in [2.05, 4.69) is 0 Å². The van der Waals surface area contributed by atoms with Crippen LogP contribution in [0.3, 0.4) is 0 Å². The zero-order valence-electron chi connectivity index (χ0n) is 10.1. The standard InChI is InChI=1S/C13H22O3/c1-16-11(12(14)15)13(8-9-13)10-6-4-2-3-5-7-10/h10-11H,2-9H2,1H3,(H,14,15). The minimum absolute atomic E-state index is 0.0229. The number of methoxy groups -OCH3 is 1. The van der Waals surface area contributed by atoms with Crippen LogP contribution in [-0.2, 0) is 9.53 Å². The first kappa shape index (κ1) is 11.9. The zero-order valence-corrected chi connectivity index (χ0v) is 10.1. The molecule has 0 spiro atoms. The lowest BCUT2D eigenvalue weighted by Crippen LogP contribution is -2.37. The molecule has 3 nitrogen and oxygen atoms in total. The van der Waals surface area contributed by atoms with E-state index in [1.807, 2.05) is 0 Å². The maximum absolute atomic E-state index is 11.2. The van der Waals surface area contributed by atoms with E-state index in [4.69, 9.17) is 4.74 Å². The molecule has 0 bridgehead atoms. The first-order chi connectivity index (χ1) is 7.70. The van der Waals surface area contributed by atoms with E-state index in [1.54, 1.807) is 0 Å². The average molecular weight is 226 g/mol. The third-order valence-corrected chi connectivity index (χ3v) is 4.48. The van der Waals surface area contributed by atoms with Gasteiger partial charge in [-0.2, -0.15) is 0 Å². The van der Waals surface area contributed by atoms with Crippen molar-refractivity contribution >= 4 is 5.97 Å². The fourth-order valence-electron chi connectivity index (χ4n) is 3.46. The van der Waals surface area contributed by atoms with E-state index in [0.717, 1.165) is 12.8 Å². The van der Waals surface area contributed by atoms with Crippen LogP contribution in [0.15, 0.2) is 0 Å². The Balaban J connectivity index is 2.07. The Morgan fingerprint density at radius 1 is 1.25 bits per heavy atom. The Kier molecular flexibility index (Phi) is 3.53. The van der Waals surface area contributed by atoms with E-state index in [-0.39, 0.29) is 5.41 Å². The average Bonchev–Trinajstić information content (AvgIpc) is 3.00. The minimum Gasteiger partial charge on any atom is -0.479 e. The van der Waals surface area contributed by atoms with Crippen molar-refractivity contribution < 1.29 is 14.6 Å². The summed E-state index contributed by atoms with van der Waals surface area (Å²) in [5.74, 6) is -0.194. The predicted octanol–water partition coefficient (Wildman–Crippen LogP) is 2.84. The molecule has 0 saturated heterocycles. The van der Waals surface area contributed by atoms with Crippen LogP contribution < -0.4 is 0 Å². The highest BCUT2D eigenvalue weighted by atomic mass is 16.5. The minimum atomic E-state index is -0.774. The molecule has 2 saturated carbocycles. The molecule has 2 rings (SSSR count). The van der Waals surface area contributed by atoms with E-state index >= 15 is 0 Å². The second-order valence-corrected chi connectivity index (χ2v) is 5.38. The highest BCUT2D eigenvalue weighted by Gasteiger charge is 2.57. The van der Waals surface area contributed by atoms with Crippen molar-refractivity contribution in [2.24, 2.45) is 11.3 Å². The number of carboxylic acid groups (broad SMARTS) is 1. The maximum Gasteiger partial charge on any atom is 0.333 e. The highest BCUT2D eigenvalue weighted by Crippen LogP contribution is 2.59. The number of hydrogen-bond acceptors (Lipinski definition) is 2. The van der Waals surface area contributed by atoms with Crippen LogP contribution in [-0.4, -0.2) is 24.3 Å². The summed E-state index contributed by atoms with van der Waals surface area (Å²) in [7, 11) is 1.54. The molecule has 1 unspecified atom stereocenters. The summed E-state index contributed by atoms with van der Waals surface area (Å²) < 4.78 is 5.23. The Bertz CT molecular complexity index is 250. The number of carboxylic acids is 1. The molecule has 0 radical (unpaired) electrons. The van der Waals surface area contributed by atoms with Gasteiger partial charge in [0.25, 0.3) is 0 Å². The van der Waals surface area contributed by atoms with Gasteiger partial charge in [-0.1, -0.05) is 25.7 Å². The molecule has 16 heavy (non-hydrogen) atoms. The molecule has 1 N–H and O–H groups in total. The number of hydrogen-bond donors (Lipinski definition) is 1. The molecule has 1 atom stereocenters. The van der Waals surface area contributed by atoms with Gasteiger partial charge in [0.1, 0.15) is 0 Å². The molecule has 0 aliphatic heterocycles. The number of ether oxygens (including phenoxy) is 1. The molecule has 2 aliphatic carbocycles. The molecular formula is C13H22O3. The molecule has 0 heterocycles. The van der Waals surface area contributed by atoms with Gasteiger partial charge in [0, 0.05) is 12.5 Å². The summed E-state index contributed by atoms with van der Waals surface area (Å²) in [5.41, 5.74) is -0.0229. The first-order valence-electron chi connectivity index (χ1n) is 6.46. The van der Waals surface area contributed by atoms with Crippen molar-refractivity contribution in [2.45, 2.75) is 57.5 Å². The van der Waals surface area contributed by atoms with Crippen LogP contribution in [0.1, 0.15) is 51.4 Å². The molecule has 0 aromatic heterocycles. The summed E-state index contributed by atoms with van der Waals surface area (Å²) in [6.07, 6.45) is 9.08. The largest absolute Gasteiger partial charge is 0.479 e. The monoisotopic (exact) mass is 226 g/mol. The Morgan fingerprint density at radius 3 is 2.19 bits per heavy atom. The predicted molar refractivity (Wildman–Crippen MR) is 61.3 cm³/mol. The van der Waals surface area contributed by atoms with Crippen LogP contribution in [0.5, 0.6) is 0 Å². The Morgan fingerprint density at radius 2 is 1.81 bits per heavy atom. The normalized spacial score (nSPS) is 27.1. The number of aliphatic carboxylic acids is 1. The van der Waals surface area contributed by atoms with Gasteiger partial charge in [-0.3, -0.25) is 0 Å². The quantitative estimate of drug-likeness (QED) is 0.750. The molecular weight excluding hydrogens is 204 g/mol. The van der Waals surface area contributed by atoms with Crippen LogP contribution >= 0.6 is 0 Å². The van der Waals surface area contributed by atoms with Crippen molar-refractivity contribution in [2.75, 3.05) is 7.11 Å². The molecule has 3 heteroatoms. The lowest BCUT2D eigenvalue weighted by atomic mass is 9.79. The highest BCUT2D eigenvalue weighted by molar-refractivity contribution is 5.74. The summed E-state index contributed by atoms with van der Waals surface area (Å²) in [4.78, 5) is 11.2. The van der Waals surface area contributed by atoms with Crippen molar-refractivity contribution in [3.05, 3.63) is 0 Å². The first-order valence-corrected chi connectivity index (χ1v) is 6.46. The van der Waals surface area contributed by atoms with Gasteiger partial charge in [0.15, 0.2) is 6.10 Å². The van der Waals surface area contributed by atoms with Gasteiger partial charge in [0.05, 0.1) is 0 Å². The summed E-state index contributed by atoms with van der Waals surface area (Å²) in [6.45, 7) is 0. The van der Waals surface area contributed by atoms with Gasteiger partial charge in [0.2, 0.25) is 0 Å². The van der Waals surface area contributed by atoms with E-state index < -0.39 is 12.1 Å². The van der Waals surface area contributed by atoms with Crippen molar-refractivity contribution in [3.8, 4) is 0 Å². The van der Waals surface area contributed by atoms with Crippen molar-refractivity contribution in [3.63, 3.8) is 0 Å². The van der Waals surface area contributed by atoms with E-state index in [1.165, 1.54) is 45.6 Å². The summed E-state index contributed by atoms with van der Waals surface area (Å²) in [5, 5.41) is 9.22. The second-order valence-electron chi connectivity index (χ2n) is 5.38. The van der Waals surface area contributed by atoms with Gasteiger partial charge >= 0.3 is 5.97 Å². The third kappa shape index (κ3) is 2.10. The fourth-order valence-corrected chi connectivity index (χ4v) is 3.46. The van der Waals surface area contributed by atoms with Crippen molar-refractivity contribution in [1.29, 1.82) is 0 Å². The topological polar surface area (TPSA) is 46.5 Å². The summed E-state index contributed by atoms with van der Waals surface area (Å²) >= 11 is 0. The molecule has 2 aliphatic rings. The molecule has 2 fully saturated rings. The lowest BCUT2D eigenvalue weighted by molar-refractivity contribution is -0.155. The fraction of sp³-hybridized carbons (Fsp3) is 0.923. The molecule has 0 aromatic rings. The van der Waals surface area contributed by atoms with E-state index in [9.17, 15) is 9.90 Å². The van der Waals surface area contributed by atoms with Crippen LogP contribution in [0, 0.1) is 11.3 Å². The summed E-state index contributed by atoms with van der Waals surface area (Å²) in [6, 6.07) is 0. The number of rotatable bonds is 4. The lowest BCUT2D eigenvalue weighted by Gasteiger charge is -2.30. The number of carbonyl (C=O) groups is 1. The van der Waals surface area contributed by atoms with Crippen LogP contribution in [0.2, 0.25) is 0 Å². The second kappa shape index (κ2) is 4.74. The van der Waals surface area contributed by atoms with Crippen molar-refractivity contribution in [1.82, 2.24) is 0 Å². The van der Waals surface area contributed by atoms with Gasteiger partial charge < -0.3 is 9.84 Å². The zero-order chi connectivity index (χ0) is 11.6. The maximum atomic E-state index is 11.2. The van der Waals surface area contributed by atoms with Gasteiger partial charge in [-0.05, 0) is 31.6 Å². The van der Waals surface area contributed by atoms with E-state index in [0.29, 0.717) is 5.92 Å². The smallest absolute Gasteiger partial charge is 0.333 e. The molecule has 92 valence electrons. The van der Waals surface area contributed by atoms with Crippen LogP contribution in [0.4, 0.5) is 0 Å².